The van der Waals surface area contributed by atoms with Gasteiger partial charge in [0.1, 0.15) is 5.01 Å². The molecule has 3 heterocycles. The van der Waals surface area contributed by atoms with E-state index in [2.05, 4.69) is 20.5 Å². The van der Waals surface area contributed by atoms with Gasteiger partial charge in [0.05, 0.1) is 5.92 Å². The fraction of sp³-hybridized carbons (Fsp3) is 0.364. The first kappa shape index (κ1) is 13.3. The first-order chi connectivity index (χ1) is 9.63. The third kappa shape index (κ3) is 2.59. The van der Waals surface area contributed by atoms with Gasteiger partial charge in [0.25, 0.3) is 5.56 Å². The molecule has 2 aromatic rings. The van der Waals surface area contributed by atoms with Crippen molar-refractivity contribution in [3.63, 3.8) is 0 Å². The number of fused-ring (bicyclic) bond motifs is 1. The number of amides is 1. The predicted octanol–water partition coefficient (Wildman–Crippen LogP) is 0.764. The molecule has 9 heteroatoms. The van der Waals surface area contributed by atoms with Crippen molar-refractivity contribution in [2.24, 2.45) is 5.92 Å². The van der Waals surface area contributed by atoms with Crippen molar-refractivity contribution in [3.8, 4) is 0 Å². The van der Waals surface area contributed by atoms with Crippen molar-refractivity contribution >= 4 is 34.1 Å². The lowest BCUT2D eigenvalue weighted by Gasteiger charge is -2.23. The topological polar surface area (TPSA) is 89.8 Å². The van der Waals surface area contributed by atoms with E-state index in [0.717, 1.165) is 5.01 Å². The quantitative estimate of drug-likeness (QED) is 0.824. The van der Waals surface area contributed by atoms with Crippen LogP contribution in [0.3, 0.4) is 0 Å². The number of hydrogen-bond donors (Lipinski definition) is 1. The molecule has 1 aliphatic heterocycles. The summed E-state index contributed by atoms with van der Waals surface area (Å²) in [6.45, 7) is 2.17. The van der Waals surface area contributed by atoms with Crippen LogP contribution in [0.15, 0.2) is 22.2 Å². The van der Waals surface area contributed by atoms with E-state index in [-0.39, 0.29) is 17.4 Å². The maximum Gasteiger partial charge on any atom is 0.254 e. The van der Waals surface area contributed by atoms with Gasteiger partial charge in [0, 0.05) is 24.6 Å². The lowest BCUT2D eigenvalue weighted by Crippen LogP contribution is -2.36. The lowest BCUT2D eigenvalue weighted by atomic mass is 10.1. The second kappa shape index (κ2) is 5.33. The van der Waals surface area contributed by atoms with Gasteiger partial charge in [-0.1, -0.05) is 23.1 Å². The molecule has 104 valence electrons. The molecule has 3 rings (SSSR count). The van der Waals surface area contributed by atoms with Crippen LogP contribution in [0.25, 0.3) is 0 Å². The minimum Gasteiger partial charge on any atom is -0.300 e. The van der Waals surface area contributed by atoms with Crippen molar-refractivity contribution in [3.05, 3.63) is 27.6 Å². The predicted molar refractivity (Wildman–Crippen MR) is 76.0 cm³/mol. The van der Waals surface area contributed by atoms with Gasteiger partial charge in [-0.05, 0) is 6.92 Å². The van der Waals surface area contributed by atoms with E-state index in [0.29, 0.717) is 22.6 Å². The molecule has 1 amide bonds. The van der Waals surface area contributed by atoms with Crippen molar-refractivity contribution in [1.29, 1.82) is 0 Å². The molecule has 7 nitrogen and oxygen atoms in total. The molecule has 20 heavy (non-hydrogen) atoms. The molecule has 1 N–H and O–H groups in total. The zero-order chi connectivity index (χ0) is 14.1. The summed E-state index contributed by atoms with van der Waals surface area (Å²) in [5.41, 5.74) is -0.133. The smallest absolute Gasteiger partial charge is 0.254 e. The van der Waals surface area contributed by atoms with Crippen molar-refractivity contribution in [2.75, 3.05) is 11.1 Å². The molecule has 1 unspecified atom stereocenters. The van der Waals surface area contributed by atoms with Crippen LogP contribution < -0.4 is 10.9 Å². The summed E-state index contributed by atoms with van der Waals surface area (Å²) < 4.78 is 1.53. The number of nitrogens with zero attached hydrogens (tertiary/aromatic N) is 4. The first-order valence-corrected chi connectivity index (χ1v) is 7.73. The summed E-state index contributed by atoms with van der Waals surface area (Å²) in [4.78, 5) is 28.1. The minimum absolute atomic E-state index is 0.133. The van der Waals surface area contributed by atoms with Crippen LogP contribution in [-0.2, 0) is 11.3 Å². The Bertz CT molecular complexity index is 711. The van der Waals surface area contributed by atoms with Crippen LogP contribution in [0.5, 0.6) is 0 Å². The van der Waals surface area contributed by atoms with Crippen LogP contribution >= 0.6 is 23.1 Å². The van der Waals surface area contributed by atoms with Gasteiger partial charge in [0.15, 0.2) is 5.16 Å². The Balaban J connectivity index is 1.75. The van der Waals surface area contributed by atoms with E-state index >= 15 is 0 Å². The summed E-state index contributed by atoms with van der Waals surface area (Å²) >= 11 is 2.74. The fourth-order valence-electron chi connectivity index (χ4n) is 1.86. The van der Waals surface area contributed by atoms with Gasteiger partial charge in [-0.2, -0.15) is 0 Å². The number of aromatic nitrogens is 4. The Kier molecular flexibility index (Phi) is 3.53. The van der Waals surface area contributed by atoms with E-state index in [1.807, 2.05) is 6.92 Å². The number of nitrogens with one attached hydrogen (secondary N) is 1. The molecule has 0 fully saturated rings. The number of carbonyl (C=O) groups is 1. The molecule has 0 aliphatic carbocycles. The molecule has 1 atom stereocenters. The zero-order valence-corrected chi connectivity index (χ0v) is 12.2. The average molecular weight is 309 g/mol. The highest BCUT2D eigenvalue weighted by Gasteiger charge is 2.27. The molecule has 0 saturated heterocycles. The van der Waals surface area contributed by atoms with Gasteiger partial charge >= 0.3 is 0 Å². The highest BCUT2D eigenvalue weighted by molar-refractivity contribution is 7.99. The Morgan fingerprint density at radius 2 is 2.35 bits per heavy atom. The summed E-state index contributed by atoms with van der Waals surface area (Å²) in [5.74, 6) is 0.175. The average Bonchev–Trinajstić information content (AvgIpc) is 2.84. The van der Waals surface area contributed by atoms with E-state index < -0.39 is 0 Å². The third-order valence-corrected chi connectivity index (χ3v) is 4.75. The monoisotopic (exact) mass is 309 g/mol. The number of thioether (sulfide) groups is 1. The Labute approximate surface area is 122 Å². The molecule has 0 aromatic carbocycles. The fourth-order valence-corrected chi connectivity index (χ4v) is 3.52. The van der Waals surface area contributed by atoms with Crippen LogP contribution in [0.2, 0.25) is 0 Å². The standard InChI is InChI=1S/C11H11N5O2S2/c1-6-14-15-10(20-6)13-9(18)7-4-16-8(17)2-3-12-11(16)19-5-7/h2-3,7H,4-5H2,1H3,(H,13,15,18). The number of hydrogen-bond acceptors (Lipinski definition) is 7. The molecule has 0 saturated carbocycles. The largest absolute Gasteiger partial charge is 0.300 e. The normalized spacial score (nSPS) is 17.6. The second-order valence-corrected chi connectivity index (χ2v) is 6.47. The van der Waals surface area contributed by atoms with Gasteiger partial charge in [-0.3, -0.25) is 14.2 Å². The zero-order valence-electron chi connectivity index (χ0n) is 10.6. The lowest BCUT2D eigenvalue weighted by molar-refractivity contribution is -0.119. The van der Waals surface area contributed by atoms with Gasteiger partial charge in [-0.15, -0.1) is 10.2 Å². The Morgan fingerprint density at radius 3 is 3.10 bits per heavy atom. The van der Waals surface area contributed by atoms with Crippen LogP contribution in [-0.4, -0.2) is 31.4 Å². The number of aryl methyl sites for hydroxylation is 1. The van der Waals surface area contributed by atoms with E-state index in [9.17, 15) is 9.59 Å². The van der Waals surface area contributed by atoms with Crippen LogP contribution in [0.1, 0.15) is 5.01 Å². The highest BCUT2D eigenvalue weighted by atomic mass is 32.2. The number of carbonyl (C=O) groups excluding carboxylic acids is 1. The summed E-state index contributed by atoms with van der Waals surface area (Å²) in [7, 11) is 0. The minimum atomic E-state index is -0.279. The third-order valence-electron chi connectivity index (χ3n) is 2.84. The second-order valence-electron chi connectivity index (χ2n) is 4.30. The van der Waals surface area contributed by atoms with Crippen LogP contribution in [0.4, 0.5) is 5.13 Å². The summed E-state index contributed by atoms with van der Waals surface area (Å²) in [6.07, 6.45) is 1.49. The van der Waals surface area contributed by atoms with E-state index in [1.54, 1.807) is 0 Å². The highest BCUT2D eigenvalue weighted by Crippen LogP contribution is 2.25. The summed E-state index contributed by atoms with van der Waals surface area (Å²) in [5, 5.41) is 12.4. The van der Waals surface area contributed by atoms with E-state index in [1.165, 1.54) is 39.9 Å². The van der Waals surface area contributed by atoms with Gasteiger partial charge < -0.3 is 5.32 Å². The summed E-state index contributed by atoms with van der Waals surface area (Å²) in [6, 6.07) is 1.40. The SMILES string of the molecule is Cc1nnc(NC(=O)C2CSc3nccc(=O)n3C2)s1. The molecule has 2 aromatic heterocycles. The molecule has 1 aliphatic rings. The number of anilines is 1. The number of rotatable bonds is 2. The maximum atomic E-state index is 12.2. The maximum absolute atomic E-state index is 12.2. The van der Waals surface area contributed by atoms with Gasteiger partial charge in [0.2, 0.25) is 11.0 Å². The van der Waals surface area contributed by atoms with Crippen molar-refractivity contribution < 1.29 is 4.79 Å². The Hall–Kier alpha value is -1.74. The Morgan fingerprint density at radius 1 is 1.50 bits per heavy atom. The van der Waals surface area contributed by atoms with Crippen molar-refractivity contribution in [1.82, 2.24) is 19.7 Å². The molecular formula is C11H11N5O2S2. The van der Waals surface area contributed by atoms with Crippen LogP contribution in [0, 0.1) is 12.8 Å². The first-order valence-electron chi connectivity index (χ1n) is 5.93. The molecule has 0 radical (unpaired) electrons. The van der Waals surface area contributed by atoms with Crippen molar-refractivity contribution in [2.45, 2.75) is 18.6 Å². The molecule has 0 bridgehead atoms. The molecular weight excluding hydrogens is 298 g/mol. The van der Waals surface area contributed by atoms with E-state index in [4.69, 9.17) is 0 Å². The molecule has 0 spiro atoms. The van der Waals surface area contributed by atoms with Gasteiger partial charge in [-0.25, -0.2) is 4.98 Å².